The zero-order valence-corrected chi connectivity index (χ0v) is 8.32. The molecule has 0 fully saturated rings. The molecule has 0 saturated carbocycles. The average molecular weight is 220 g/mol. The number of rotatable bonds is 2. The maximum absolute atomic E-state index is 11.1. The fraction of sp³-hybridized carbons (Fsp3) is 0.125. The molecule has 1 rings (SSSR count). The molecule has 0 aliphatic heterocycles. The highest BCUT2D eigenvalue weighted by atomic mass is 35.5. The molecule has 0 bridgehead atoms. The molecule has 1 aromatic rings. The summed E-state index contributed by atoms with van der Waals surface area (Å²) in [6.07, 6.45) is 0. The van der Waals surface area contributed by atoms with Crippen molar-refractivity contribution in [3.05, 3.63) is 33.8 Å². The van der Waals surface area contributed by atoms with Gasteiger partial charge in [0.1, 0.15) is 0 Å². The first-order valence-corrected chi connectivity index (χ1v) is 4.23. The molecule has 0 radical (unpaired) electrons. The van der Waals surface area contributed by atoms with Gasteiger partial charge in [-0.3, -0.25) is 0 Å². The van der Waals surface area contributed by atoms with E-state index in [9.17, 15) is 4.79 Å². The maximum Gasteiger partial charge on any atom is 0.356 e. The van der Waals surface area contributed by atoms with Gasteiger partial charge in [0.2, 0.25) is 0 Å². The van der Waals surface area contributed by atoms with Crippen LogP contribution < -0.4 is 5.48 Å². The first kappa shape index (κ1) is 10.3. The van der Waals surface area contributed by atoms with Gasteiger partial charge in [0.05, 0.1) is 15.6 Å². The van der Waals surface area contributed by atoms with Gasteiger partial charge in [-0.2, -0.15) is 5.48 Å². The van der Waals surface area contributed by atoms with Crippen molar-refractivity contribution in [1.29, 1.82) is 0 Å². The molecular formula is C8H7Cl2NO2. The summed E-state index contributed by atoms with van der Waals surface area (Å²) >= 11 is 11.4. The number of carbonyl (C=O) groups is 1. The first-order valence-electron chi connectivity index (χ1n) is 3.48. The second-order valence-corrected chi connectivity index (χ2v) is 3.04. The van der Waals surface area contributed by atoms with Crippen molar-refractivity contribution < 1.29 is 9.63 Å². The summed E-state index contributed by atoms with van der Waals surface area (Å²) in [5, 5.41) is 0.731. The highest BCUT2D eigenvalue weighted by molar-refractivity contribution is 6.42. The summed E-state index contributed by atoms with van der Waals surface area (Å²) < 4.78 is 0. The van der Waals surface area contributed by atoms with E-state index in [1.165, 1.54) is 25.2 Å². The first-order chi connectivity index (χ1) is 6.15. The van der Waals surface area contributed by atoms with Crippen molar-refractivity contribution in [3.63, 3.8) is 0 Å². The lowest BCUT2D eigenvalue weighted by molar-refractivity contribution is 0.0310. The summed E-state index contributed by atoms with van der Waals surface area (Å²) in [6.45, 7) is 0. The molecule has 70 valence electrons. The van der Waals surface area contributed by atoms with Crippen LogP contribution in [-0.4, -0.2) is 13.0 Å². The minimum absolute atomic E-state index is 0.326. The second kappa shape index (κ2) is 4.46. The van der Waals surface area contributed by atoms with Crippen LogP contribution in [0.25, 0.3) is 0 Å². The molecule has 1 aromatic carbocycles. The van der Waals surface area contributed by atoms with Crippen LogP contribution in [0.1, 0.15) is 10.4 Å². The van der Waals surface area contributed by atoms with Gasteiger partial charge in [-0.25, -0.2) is 4.79 Å². The molecule has 0 aromatic heterocycles. The van der Waals surface area contributed by atoms with Crippen molar-refractivity contribution in [2.75, 3.05) is 7.05 Å². The SMILES string of the molecule is CNOC(=O)c1ccc(Cl)c(Cl)c1. The van der Waals surface area contributed by atoms with Crippen molar-refractivity contribution in [2.45, 2.75) is 0 Å². The Balaban J connectivity index is 2.90. The molecule has 3 nitrogen and oxygen atoms in total. The van der Waals surface area contributed by atoms with Crippen LogP contribution in [-0.2, 0) is 4.84 Å². The van der Waals surface area contributed by atoms with E-state index in [4.69, 9.17) is 23.2 Å². The Labute approximate surface area is 85.5 Å². The lowest BCUT2D eigenvalue weighted by Gasteiger charge is -2.02. The normalized spacial score (nSPS) is 9.77. The minimum atomic E-state index is -0.499. The van der Waals surface area contributed by atoms with E-state index in [-0.39, 0.29) is 0 Å². The molecule has 0 aliphatic carbocycles. The van der Waals surface area contributed by atoms with E-state index in [1.807, 2.05) is 0 Å². The number of halogens is 2. The van der Waals surface area contributed by atoms with Crippen LogP contribution in [0, 0.1) is 0 Å². The van der Waals surface area contributed by atoms with Gasteiger partial charge in [-0.1, -0.05) is 23.2 Å². The molecule has 0 atom stereocenters. The van der Waals surface area contributed by atoms with Gasteiger partial charge in [-0.05, 0) is 18.2 Å². The molecule has 0 heterocycles. The Bertz CT molecular complexity index is 328. The van der Waals surface area contributed by atoms with Crippen molar-refractivity contribution in [2.24, 2.45) is 0 Å². The van der Waals surface area contributed by atoms with Crippen LogP contribution >= 0.6 is 23.2 Å². The molecule has 0 unspecified atom stereocenters. The summed E-state index contributed by atoms with van der Waals surface area (Å²) in [5.74, 6) is -0.499. The second-order valence-electron chi connectivity index (χ2n) is 2.22. The zero-order valence-electron chi connectivity index (χ0n) is 6.80. The molecule has 1 N–H and O–H groups in total. The number of hydroxylamine groups is 1. The van der Waals surface area contributed by atoms with Gasteiger partial charge < -0.3 is 4.84 Å². The third-order valence-corrected chi connectivity index (χ3v) is 2.09. The van der Waals surface area contributed by atoms with E-state index in [0.717, 1.165) is 0 Å². The number of carbonyl (C=O) groups excluding carboxylic acids is 1. The van der Waals surface area contributed by atoms with Crippen molar-refractivity contribution in [3.8, 4) is 0 Å². The molecule has 0 amide bonds. The highest BCUT2D eigenvalue weighted by Crippen LogP contribution is 2.22. The average Bonchev–Trinajstić information content (AvgIpc) is 2.10. The monoisotopic (exact) mass is 219 g/mol. The van der Waals surface area contributed by atoms with Crippen LogP contribution in [0.5, 0.6) is 0 Å². The number of hydrogen-bond acceptors (Lipinski definition) is 3. The van der Waals surface area contributed by atoms with Gasteiger partial charge in [0.15, 0.2) is 0 Å². The van der Waals surface area contributed by atoms with Gasteiger partial charge in [0.25, 0.3) is 0 Å². The summed E-state index contributed by atoms with van der Waals surface area (Å²) in [4.78, 5) is 15.7. The fourth-order valence-electron chi connectivity index (χ4n) is 0.775. The van der Waals surface area contributed by atoms with Gasteiger partial charge in [-0.15, -0.1) is 0 Å². The van der Waals surface area contributed by atoms with Crippen LogP contribution in [0.4, 0.5) is 0 Å². The van der Waals surface area contributed by atoms with Crippen LogP contribution in [0.15, 0.2) is 18.2 Å². The topological polar surface area (TPSA) is 38.3 Å². The minimum Gasteiger partial charge on any atom is -0.367 e. The maximum atomic E-state index is 11.1. The largest absolute Gasteiger partial charge is 0.367 e. The third-order valence-electron chi connectivity index (χ3n) is 1.35. The number of benzene rings is 1. The van der Waals surface area contributed by atoms with Crippen LogP contribution in [0.3, 0.4) is 0 Å². The van der Waals surface area contributed by atoms with E-state index in [0.29, 0.717) is 15.6 Å². The van der Waals surface area contributed by atoms with E-state index >= 15 is 0 Å². The molecule has 0 aliphatic rings. The molecule has 0 saturated heterocycles. The zero-order chi connectivity index (χ0) is 9.84. The van der Waals surface area contributed by atoms with Crippen LogP contribution in [0.2, 0.25) is 10.0 Å². The van der Waals surface area contributed by atoms with Gasteiger partial charge >= 0.3 is 5.97 Å². The predicted octanol–water partition coefficient (Wildman–Crippen LogP) is 2.28. The molecular weight excluding hydrogens is 213 g/mol. The number of nitrogens with one attached hydrogen (secondary N) is 1. The Hall–Kier alpha value is -0.770. The predicted molar refractivity (Wildman–Crippen MR) is 50.9 cm³/mol. The Morgan fingerprint density at radius 2 is 2.08 bits per heavy atom. The summed E-state index contributed by atoms with van der Waals surface area (Å²) in [5.41, 5.74) is 2.63. The Kier molecular flexibility index (Phi) is 3.54. The summed E-state index contributed by atoms with van der Waals surface area (Å²) in [7, 11) is 1.50. The lowest BCUT2D eigenvalue weighted by atomic mass is 10.2. The Morgan fingerprint density at radius 1 is 1.38 bits per heavy atom. The third kappa shape index (κ3) is 2.59. The summed E-state index contributed by atoms with van der Waals surface area (Å²) in [6, 6.07) is 4.52. The van der Waals surface area contributed by atoms with Gasteiger partial charge in [0, 0.05) is 7.05 Å². The van der Waals surface area contributed by atoms with E-state index in [2.05, 4.69) is 10.3 Å². The fourth-order valence-corrected chi connectivity index (χ4v) is 1.07. The molecule has 5 heteroatoms. The number of hydrogen-bond donors (Lipinski definition) is 1. The molecule has 0 spiro atoms. The Morgan fingerprint density at radius 3 is 2.62 bits per heavy atom. The van der Waals surface area contributed by atoms with Crippen molar-refractivity contribution in [1.82, 2.24) is 5.48 Å². The lowest BCUT2D eigenvalue weighted by Crippen LogP contribution is -2.14. The van der Waals surface area contributed by atoms with E-state index < -0.39 is 5.97 Å². The smallest absolute Gasteiger partial charge is 0.356 e. The van der Waals surface area contributed by atoms with Crippen molar-refractivity contribution >= 4 is 29.2 Å². The quantitative estimate of drug-likeness (QED) is 0.777. The van der Waals surface area contributed by atoms with E-state index in [1.54, 1.807) is 0 Å². The molecule has 13 heavy (non-hydrogen) atoms. The highest BCUT2D eigenvalue weighted by Gasteiger charge is 2.08. The standard InChI is InChI=1S/C8H7Cl2NO2/c1-11-13-8(12)5-2-3-6(9)7(10)4-5/h2-4,11H,1H3.